The maximum Gasteiger partial charge on any atom is 0.354 e. The van der Waals surface area contributed by atoms with Crippen LogP contribution in [-0.2, 0) is 0 Å². The minimum atomic E-state index is -1.18. The molecule has 1 rings (SSSR count). The number of halogens is 1. The molecule has 0 saturated carbocycles. The van der Waals surface area contributed by atoms with E-state index >= 15 is 0 Å². The van der Waals surface area contributed by atoms with Crippen LogP contribution in [0.5, 0.6) is 0 Å². The fourth-order valence-corrected chi connectivity index (χ4v) is 0.787. The van der Waals surface area contributed by atoms with Gasteiger partial charge in [-0.3, -0.25) is 0 Å². The summed E-state index contributed by atoms with van der Waals surface area (Å²) in [5.41, 5.74) is -0.0694. The van der Waals surface area contributed by atoms with E-state index in [1.807, 2.05) is 0 Å². The van der Waals surface area contributed by atoms with Gasteiger partial charge in [0.2, 0.25) is 0 Å². The smallest absolute Gasteiger partial charge is 0.354 e. The summed E-state index contributed by atoms with van der Waals surface area (Å²) in [6.07, 6.45) is 1.14. The molecule has 0 unspecified atom stereocenters. The number of aromatic nitrogens is 1. The van der Waals surface area contributed by atoms with Crippen LogP contribution in [-0.4, -0.2) is 16.1 Å². The molecule has 60 valence electrons. The summed E-state index contributed by atoms with van der Waals surface area (Å²) in [6.45, 7) is 0. The molecule has 0 aliphatic heterocycles. The Morgan fingerprint density at radius 2 is 2.42 bits per heavy atom. The Bertz CT molecular complexity index is 370. The molecular formula is C7H3ClN2O2. The Morgan fingerprint density at radius 1 is 1.75 bits per heavy atom. The predicted octanol–water partition coefficient (Wildman–Crippen LogP) is 1.30. The van der Waals surface area contributed by atoms with Gasteiger partial charge < -0.3 is 5.11 Å². The third-order valence-corrected chi connectivity index (χ3v) is 1.50. The maximum absolute atomic E-state index is 10.4. The number of rotatable bonds is 1. The number of carboxylic acid groups (broad SMARTS) is 1. The standard InChI is InChI=1S/C7H3ClN2O2/c8-5-3-10-6(7(11)12)1-4(5)2-9/h1,3H,(H,11,12). The first-order chi connectivity index (χ1) is 5.65. The molecule has 0 aliphatic rings. The van der Waals surface area contributed by atoms with Crippen molar-refractivity contribution in [3.05, 3.63) is 28.5 Å². The van der Waals surface area contributed by atoms with Gasteiger partial charge in [-0.2, -0.15) is 5.26 Å². The van der Waals surface area contributed by atoms with Crippen molar-refractivity contribution in [2.75, 3.05) is 0 Å². The fraction of sp³-hybridized carbons (Fsp3) is 0. The lowest BCUT2D eigenvalue weighted by molar-refractivity contribution is 0.0690. The van der Waals surface area contributed by atoms with Crippen molar-refractivity contribution in [3.8, 4) is 6.07 Å². The quantitative estimate of drug-likeness (QED) is 0.711. The first-order valence-corrected chi connectivity index (χ1v) is 3.32. The summed E-state index contributed by atoms with van der Waals surface area (Å²) >= 11 is 5.52. The number of pyridine rings is 1. The summed E-state index contributed by atoms with van der Waals surface area (Å²) in [7, 11) is 0. The zero-order valence-electron chi connectivity index (χ0n) is 5.78. The van der Waals surface area contributed by atoms with Crippen LogP contribution in [0, 0.1) is 11.3 Å². The average molecular weight is 183 g/mol. The largest absolute Gasteiger partial charge is 0.477 e. The Balaban J connectivity index is 3.25. The van der Waals surface area contributed by atoms with Crippen molar-refractivity contribution < 1.29 is 9.90 Å². The molecule has 5 heteroatoms. The molecule has 0 aliphatic carbocycles. The first kappa shape index (κ1) is 8.50. The van der Waals surface area contributed by atoms with E-state index in [0.717, 1.165) is 12.3 Å². The van der Waals surface area contributed by atoms with Crippen LogP contribution in [0.1, 0.15) is 16.1 Å². The summed E-state index contributed by atoms with van der Waals surface area (Å²) < 4.78 is 0. The van der Waals surface area contributed by atoms with Gasteiger partial charge in [0.25, 0.3) is 0 Å². The minimum Gasteiger partial charge on any atom is -0.477 e. The monoisotopic (exact) mass is 182 g/mol. The number of hydrogen-bond donors (Lipinski definition) is 1. The van der Waals surface area contributed by atoms with Gasteiger partial charge in [0.1, 0.15) is 11.8 Å². The van der Waals surface area contributed by atoms with E-state index in [-0.39, 0.29) is 16.3 Å². The van der Waals surface area contributed by atoms with E-state index in [0.29, 0.717) is 0 Å². The Labute approximate surface area is 73.0 Å². The lowest BCUT2D eigenvalue weighted by Crippen LogP contribution is -2.00. The van der Waals surface area contributed by atoms with Crippen molar-refractivity contribution in [2.24, 2.45) is 0 Å². The average Bonchev–Trinajstić information content (AvgIpc) is 2.05. The van der Waals surface area contributed by atoms with E-state index in [4.69, 9.17) is 22.0 Å². The fourth-order valence-electron chi connectivity index (χ4n) is 0.641. The Morgan fingerprint density at radius 3 is 2.92 bits per heavy atom. The molecule has 1 N–H and O–H groups in total. The van der Waals surface area contributed by atoms with Gasteiger partial charge in [0.15, 0.2) is 0 Å². The molecule has 0 amide bonds. The van der Waals surface area contributed by atoms with Gasteiger partial charge in [-0.05, 0) is 6.07 Å². The van der Waals surface area contributed by atoms with Gasteiger partial charge >= 0.3 is 5.97 Å². The number of nitriles is 1. The second-order valence-corrected chi connectivity index (χ2v) is 2.37. The van der Waals surface area contributed by atoms with Crippen LogP contribution in [0.4, 0.5) is 0 Å². The molecule has 1 heterocycles. The summed E-state index contributed by atoms with van der Waals surface area (Å²) in [4.78, 5) is 13.9. The van der Waals surface area contributed by atoms with E-state index < -0.39 is 5.97 Å². The number of hydrogen-bond acceptors (Lipinski definition) is 3. The zero-order chi connectivity index (χ0) is 9.14. The molecule has 0 bridgehead atoms. The third kappa shape index (κ3) is 1.52. The number of carboxylic acids is 1. The molecule has 0 atom stereocenters. The normalized spacial score (nSPS) is 9.00. The second kappa shape index (κ2) is 3.20. The summed E-state index contributed by atoms with van der Waals surface area (Å²) in [5, 5.41) is 17.1. The summed E-state index contributed by atoms with van der Waals surface area (Å²) in [5.74, 6) is -1.18. The van der Waals surface area contributed by atoms with Crippen molar-refractivity contribution in [2.45, 2.75) is 0 Å². The van der Waals surface area contributed by atoms with Crippen molar-refractivity contribution in [1.29, 1.82) is 5.26 Å². The van der Waals surface area contributed by atoms with Gasteiger partial charge in [-0.25, -0.2) is 9.78 Å². The van der Waals surface area contributed by atoms with Crippen LogP contribution < -0.4 is 0 Å². The number of aromatic carboxylic acids is 1. The lowest BCUT2D eigenvalue weighted by Gasteiger charge is -1.95. The molecule has 4 nitrogen and oxygen atoms in total. The lowest BCUT2D eigenvalue weighted by atomic mass is 10.2. The Kier molecular flexibility index (Phi) is 2.26. The molecular weight excluding hydrogens is 180 g/mol. The van der Waals surface area contributed by atoms with Crippen molar-refractivity contribution >= 4 is 17.6 Å². The molecule has 0 radical (unpaired) electrons. The van der Waals surface area contributed by atoms with Crippen molar-refractivity contribution in [3.63, 3.8) is 0 Å². The number of nitrogens with zero attached hydrogens (tertiary/aromatic N) is 2. The highest BCUT2D eigenvalue weighted by atomic mass is 35.5. The van der Waals surface area contributed by atoms with E-state index in [9.17, 15) is 4.79 Å². The first-order valence-electron chi connectivity index (χ1n) is 2.94. The van der Waals surface area contributed by atoms with Gasteiger partial charge in [-0.15, -0.1) is 0 Å². The predicted molar refractivity (Wildman–Crippen MR) is 40.9 cm³/mol. The molecule has 1 aromatic rings. The van der Waals surface area contributed by atoms with Gasteiger partial charge in [-0.1, -0.05) is 11.6 Å². The van der Waals surface area contributed by atoms with Crippen LogP contribution in [0.25, 0.3) is 0 Å². The molecule has 0 fully saturated rings. The molecule has 12 heavy (non-hydrogen) atoms. The Hall–Kier alpha value is -1.60. The zero-order valence-corrected chi connectivity index (χ0v) is 6.54. The maximum atomic E-state index is 10.4. The molecule has 0 aromatic carbocycles. The highest BCUT2D eigenvalue weighted by Gasteiger charge is 2.07. The van der Waals surface area contributed by atoms with E-state index in [2.05, 4.69) is 4.98 Å². The highest BCUT2D eigenvalue weighted by molar-refractivity contribution is 6.31. The van der Waals surface area contributed by atoms with Crippen LogP contribution in [0.2, 0.25) is 5.02 Å². The van der Waals surface area contributed by atoms with Crippen LogP contribution in [0.15, 0.2) is 12.3 Å². The topological polar surface area (TPSA) is 74.0 Å². The van der Waals surface area contributed by atoms with Gasteiger partial charge in [0, 0.05) is 6.20 Å². The van der Waals surface area contributed by atoms with Gasteiger partial charge in [0.05, 0.1) is 10.6 Å². The minimum absolute atomic E-state index is 0.115. The molecule has 0 spiro atoms. The van der Waals surface area contributed by atoms with Crippen LogP contribution in [0.3, 0.4) is 0 Å². The second-order valence-electron chi connectivity index (χ2n) is 1.97. The summed E-state index contributed by atoms with van der Waals surface area (Å²) in [6, 6.07) is 2.88. The molecule has 0 saturated heterocycles. The van der Waals surface area contributed by atoms with Crippen molar-refractivity contribution in [1.82, 2.24) is 4.98 Å². The SMILES string of the molecule is N#Cc1cc(C(=O)O)ncc1Cl. The van der Waals surface area contributed by atoms with E-state index in [1.54, 1.807) is 6.07 Å². The van der Waals surface area contributed by atoms with Crippen LogP contribution >= 0.6 is 11.6 Å². The number of carbonyl (C=O) groups is 1. The highest BCUT2D eigenvalue weighted by Crippen LogP contribution is 2.13. The molecule has 1 aromatic heterocycles. The van der Waals surface area contributed by atoms with E-state index in [1.165, 1.54) is 0 Å². The third-order valence-electron chi connectivity index (χ3n) is 1.19.